The molecule has 2 aromatic carbocycles. The zero-order valence-electron chi connectivity index (χ0n) is 12.6. The number of sulfone groups is 1. The molecule has 0 atom stereocenters. The lowest BCUT2D eigenvalue weighted by Gasteiger charge is -2.11. The molecule has 0 aliphatic carbocycles. The second-order valence-electron chi connectivity index (χ2n) is 4.83. The largest absolute Gasteiger partial charge is 0.489 e. The summed E-state index contributed by atoms with van der Waals surface area (Å²) >= 11 is 0. The summed E-state index contributed by atoms with van der Waals surface area (Å²) in [5, 5.41) is 0. The van der Waals surface area contributed by atoms with Crippen LogP contribution in [0.15, 0.2) is 47.4 Å². The maximum atomic E-state index is 13.3. The molecule has 0 saturated carbocycles. The van der Waals surface area contributed by atoms with Gasteiger partial charge in [-0.25, -0.2) is 17.6 Å². The van der Waals surface area contributed by atoms with Crippen LogP contribution in [0.3, 0.4) is 0 Å². The average Bonchev–Trinajstić information content (AvgIpc) is 2.52. The summed E-state index contributed by atoms with van der Waals surface area (Å²) in [6.45, 7) is -0.0298. The number of hydrogen-bond donors (Lipinski definition) is 0. The zero-order valence-corrected chi connectivity index (χ0v) is 13.4. The fourth-order valence-corrected chi connectivity index (χ4v) is 2.59. The van der Waals surface area contributed by atoms with Gasteiger partial charge in [0.2, 0.25) is 0 Å². The van der Waals surface area contributed by atoms with Crippen LogP contribution >= 0.6 is 0 Å². The van der Waals surface area contributed by atoms with E-state index in [4.69, 9.17) is 4.74 Å². The zero-order chi connectivity index (χ0) is 17.0. The van der Waals surface area contributed by atoms with Gasteiger partial charge in [0, 0.05) is 11.8 Å². The van der Waals surface area contributed by atoms with Crippen LogP contribution in [0.2, 0.25) is 0 Å². The summed E-state index contributed by atoms with van der Waals surface area (Å²) in [7, 11) is -2.14. The maximum Gasteiger partial charge on any atom is 0.338 e. The van der Waals surface area contributed by atoms with Gasteiger partial charge in [0.05, 0.1) is 17.6 Å². The number of carbonyl (C=O) groups excluding carboxylic acids is 1. The van der Waals surface area contributed by atoms with E-state index in [9.17, 15) is 17.6 Å². The number of hydrogen-bond acceptors (Lipinski definition) is 5. The van der Waals surface area contributed by atoms with Gasteiger partial charge in [-0.15, -0.1) is 0 Å². The number of methoxy groups -OCH3 is 1. The number of ether oxygens (including phenoxy) is 2. The summed E-state index contributed by atoms with van der Waals surface area (Å²) in [4.78, 5) is 11.8. The molecule has 0 amide bonds. The van der Waals surface area contributed by atoms with Crippen LogP contribution in [-0.2, 0) is 21.2 Å². The van der Waals surface area contributed by atoms with Gasteiger partial charge in [-0.3, -0.25) is 0 Å². The first-order valence-electron chi connectivity index (χ1n) is 6.61. The fourth-order valence-electron chi connectivity index (χ4n) is 1.93. The minimum Gasteiger partial charge on any atom is -0.489 e. The van der Waals surface area contributed by atoms with Gasteiger partial charge in [-0.1, -0.05) is 12.1 Å². The summed E-state index contributed by atoms with van der Waals surface area (Å²) < 4.78 is 46.4. The lowest BCUT2D eigenvalue weighted by Crippen LogP contribution is -2.09. The highest BCUT2D eigenvalue weighted by molar-refractivity contribution is 7.90. The van der Waals surface area contributed by atoms with E-state index in [1.807, 2.05) is 0 Å². The molecule has 0 unspecified atom stereocenters. The highest BCUT2D eigenvalue weighted by Gasteiger charge is 2.14. The molecule has 0 spiro atoms. The number of rotatable bonds is 5. The van der Waals surface area contributed by atoms with Crippen molar-refractivity contribution in [3.05, 3.63) is 59.4 Å². The van der Waals surface area contributed by atoms with Crippen LogP contribution < -0.4 is 4.74 Å². The van der Waals surface area contributed by atoms with Crippen molar-refractivity contribution in [2.24, 2.45) is 0 Å². The average molecular weight is 338 g/mol. The van der Waals surface area contributed by atoms with Crippen LogP contribution in [0.25, 0.3) is 0 Å². The quantitative estimate of drug-likeness (QED) is 0.784. The third-order valence-electron chi connectivity index (χ3n) is 3.11. The van der Waals surface area contributed by atoms with Crippen LogP contribution in [0.5, 0.6) is 5.75 Å². The molecule has 0 aliphatic heterocycles. The molecule has 0 bridgehead atoms. The Hall–Kier alpha value is -2.41. The Morgan fingerprint density at radius 3 is 2.57 bits per heavy atom. The summed E-state index contributed by atoms with van der Waals surface area (Å²) in [6.07, 6.45) is 1.10. The molecule has 0 saturated heterocycles. The van der Waals surface area contributed by atoms with Crippen molar-refractivity contribution in [2.75, 3.05) is 13.4 Å². The predicted molar refractivity (Wildman–Crippen MR) is 81.6 cm³/mol. The van der Waals surface area contributed by atoms with Crippen molar-refractivity contribution in [1.82, 2.24) is 0 Å². The van der Waals surface area contributed by atoms with Gasteiger partial charge in [-0.2, -0.15) is 0 Å². The maximum absolute atomic E-state index is 13.3. The van der Waals surface area contributed by atoms with Crippen molar-refractivity contribution < 1.29 is 27.1 Å². The topological polar surface area (TPSA) is 69.7 Å². The SMILES string of the molecule is COC(=O)c1cc(F)ccc1COc1cccc(S(C)(=O)=O)c1. The van der Waals surface area contributed by atoms with Gasteiger partial charge in [0.1, 0.15) is 18.2 Å². The Kier molecular flexibility index (Phi) is 5.00. The molecular weight excluding hydrogens is 323 g/mol. The lowest BCUT2D eigenvalue weighted by atomic mass is 10.1. The first-order chi connectivity index (χ1) is 10.8. The van der Waals surface area contributed by atoms with E-state index < -0.39 is 21.6 Å². The molecule has 0 fully saturated rings. The van der Waals surface area contributed by atoms with Gasteiger partial charge in [0.25, 0.3) is 0 Å². The molecule has 2 rings (SSSR count). The predicted octanol–water partition coefficient (Wildman–Crippen LogP) is 2.59. The van der Waals surface area contributed by atoms with Crippen molar-refractivity contribution >= 4 is 15.8 Å². The van der Waals surface area contributed by atoms with Crippen molar-refractivity contribution in [3.63, 3.8) is 0 Å². The first-order valence-corrected chi connectivity index (χ1v) is 8.50. The molecule has 0 radical (unpaired) electrons. The lowest BCUT2D eigenvalue weighted by molar-refractivity contribution is 0.0597. The van der Waals surface area contributed by atoms with Crippen LogP contribution in [-0.4, -0.2) is 27.8 Å². The monoisotopic (exact) mass is 338 g/mol. The van der Waals surface area contributed by atoms with Crippen LogP contribution in [0.4, 0.5) is 4.39 Å². The van der Waals surface area contributed by atoms with Gasteiger partial charge >= 0.3 is 5.97 Å². The molecular formula is C16H15FO5S. The Bertz CT molecular complexity index is 830. The molecule has 0 aliphatic rings. The number of esters is 1. The molecule has 23 heavy (non-hydrogen) atoms. The smallest absolute Gasteiger partial charge is 0.338 e. The third kappa shape index (κ3) is 4.29. The molecule has 2 aromatic rings. The van der Waals surface area contributed by atoms with Crippen LogP contribution in [0, 0.1) is 5.82 Å². The highest BCUT2D eigenvalue weighted by atomic mass is 32.2. The molecule has 7 heteroatoms. The minimum absolute atomic E-state index is 0.0298. The molecule has 122 valence electrons. The standard InChI is InChI=1S/C16H15FO5S/c1-21-16(18)15-8-12(17)7-6-11(15)10-22-13-4-3-5-14(9-13)23(2,19)20/h3-9H,10H2,1-2H3. The van der Waals surface area contributed by atoms with E-state index in [1.165, 1.54) is 31.4 Å². The molecule has 0 aromatic heterocycles. The fraction of sp³-hybridized carbons (Fsp3) is 0.188. The van der Waals surface area contributed by atoms with Crippen molar-refractivity contribution in [2.45, 2.75) is 11.5 Å². The summed E-state index contributed by atoms with van der Waals surface area (Å²) in [5.74, 6) is -0.908. The van der Waals surface area contributed by atoms with Gasteiger partial charge in [-0.05, 0) is 30.3 Å². The Morgan fingerprint density at radius 2 is 1.91 bits per heavy atom. The Morgan fingerprint density at radius 1 is 1.17 bits per heavy atom. The van der Waals surface area contributed by atoms with Gasteiger partial charge < -0.3 is 9.47 Å². The number of benzene rings is 2. The van der Waals surface area contributed by atoms with E-state index in [-0.39, 0.29) is 17.1 Å². The van der Waals surface area contributed by atoms with E-state index >= 15 is 0 Å². The second kappa shape index (κ2) is 6.78. The van der Waals surface area contributed by atoms with Crippen molar-refractivity contribution in [1.29, 1.82) is 0 Å². The number of halogens is 1. The van der Waals surface area contributed by atoms with Gasteiger partial charge in [0.15, 0.2) is 9.84 Å². The van der Waals surface area contributed by atoms with E-state index in [2.05, 4.69) is 4.74 Å². The first kappa shape index (κ1) is 17.0. The number of carbonyl (C=O) groups is 1. The normalized spacial score (nSPS) is 11.1. The van der Waals surface area contributed by atoms with E-state index in [0.717, 1.165) is 12.3 Å². The molecule has 0 heterocycles. The molecule has 0 N–H and O–H groups in total. The van der Waals surface area contributed by atoms with E-state index in [0.29, 0.717) is 11.3 Å². The second-order valence-corrected chi connectivity index (χ2v) is 6.84. The van der Waals surface area contributed by atoms with Crippen molar-refractivity contribution in [3.8, 4) is 5.75 Å². The third-order valence-corrected chi connectivity index (χ3v) is 4.22. The molecule has 5 nitrogen and oxygen atoms in total. The van der Waals surface area contributed by atoms with E-state index in [1.54, 1.807) is 12.1 Å². The van der Waals surface area contributed by atoms with Crippen LogP contribution in [0.1, 0.15) is 15.9 Å². The Balaban J connectivity index is 2.23. The Labute approximate surface area is 133 Å². The summed E-state index contributed by atoms with van der Waals surface area (Å²) in [6, 6.07) is 9.68. The summed E-state index contributed by atoms with van der Waals surface area (Å²) in [5.41, 5.74) is 0.495. The highest BCUT2D eigenvalue weighted by Crippen LogP contribution is 2.20. The minimum atomic E-state index is -3.34.